The Balaban J connectivity index is 1.66. The van der Waals surface area contributed by atoms with Crippen LogP contribution in [0, 0.1) is 5.82 Å². The number of rotatable bonds is 4. The van der Waals surface area contributed by atoms with Crippen LogP contribution in [0.4, 0.5) is 10.2 Å². The van der Waals surface area contributed by atoms with Gasteiger partial charge in [0, 0.05) is 35.8 Å². The molecule has 5 rings (SSSR count). The summed E-state index contributed by atoms with van der Waals surface area (Å²) in [5, 5.41) is 1.51. The second kappa shape index (κ2) is 7.35. The Hall–Kier alpha value is -3.46. The fraction of sp³-hybridized carbons (Fsp3) is 0.227. The van der Waals surface area contributed by atoms with E-state index in [1.54, 1.807) is 4.90 Å². The number of amides is 1. The number of thiophene rings is 1. The Bertz CT molecular complexity index is 1340. The Kier molecular flexibility index (Phi) is 4.62. The van der Waals surface area contributed by atoms with Crippen LogP contribution in [-0.4, -0.2) is 45.5 Å². The summed E-state index contributed by atoms with van der Waals surface area (Å²) in [7, 11) is 1.53. The van der Waals surface area contributed by atoms with Gasteiger partial charge in [-0.2, -0.15) is 0 Å². The van der Waals surface area contributed by atoms with Crippen molar-refractivity contribution < 1.29 is 13.9 Å². The molecule has 1 unspecified atom stereocenters. The van der Waals surface area contributed by atoms with Gasteiger partial charge in [0.05, 0.1) is 23.2 Å². The molecule has 3 aromatic heterocycles. The number of benzene rings is 1. The van der Waals surface area contributed by atoms with Gasteiger partial charge in [-0.1, -0.05) is 6.58 Å². The summed E-state index contributed by atoms with van der Waals surface area (Å²) in [6.45, 7) is 4.81. The Labute approximate surface area is 181 Å². The quantitative estimate of drug-likeness (QED) is 0.488. The summed E-state index contributed by atoms with van der Waals surface area (Å²) in [6, 6.07) is 4.87. The monoisotopic (exact) mass is 437 g/mol. The summed E-state index contributed by atoms with van der Waals surface area (Å²) in [5.41, 5.74) is 7.85. The fourth-order valence-electron chi connectivity index (χ4n) is 4.24. The Morgan fingerprint density at radius 2 is 2.23 bits per heavy atom. The van der Waals surface area contributed by atoms with Crippen LogP contribution in [0.15, 0.2) is 43.4 Å². The number of carbonyl (C=O) groups is 1. The van der Waals surface area contributed by atoms with Crippen LogP contribution in [0.3, 0.4) is 0 Å². The van der Waals surface area contributed by atoms with Crippen molar-refractivity contribution in [3.8, 4) is 16.2 Å². The standard InChI is InChI=1S/C22H20FN5O2S/c1-3-18(29)27-5-4-14(9-27)28-10-15(19-21(24)25-11-26-22(19)28)17-7-12-6-13(23)8-16(30-2)20(12)31-17/h3,6-8,10-11,14H,1,4-5,9H2,2H3,(H2,24,25,26). The van der Waals surface area contributed by atoms with E-state index in [0.717, 1.165) is 38.0 Å². The number of likely N-dealkylation sites (tertiary alicyclic amines) is 1. The summed E-state index contributed by atoms with van der Waals surface area (Å²) in [6.07, 6.45) is 5.60. The molecule has 1 saturated heterocycles. The van der Waals surface area contributed by atoms with Crippen LogP contribution in [0.1, 0.15) is 12.5 Å². The second-order valence-corrected chi connectivity index (χ2v) is 8.53. The smallest absolute Gasteiger partial charge is 0.246 e. The second-order valence-electron chi connectivity index (χ2n) is 7.48. The number of hydrogen-bond donors (Lipinski definition) is 1. The Morgan fingerprint density at radius 1 is 1.39 bits per heavy atom. The first-order chi connectivity index (χ1) is 15.0. The van der Waals surface area contributed by atoms with Crippen LogP contribution in [0.2, 0.25) is 0 Å². The molecular formula is C22H20FN5O2S. The molecule has 158 valence electrons. The van der Waals surface area contributed by atoms with Gasteiger partial charge in [0.2, 0.25) is 5.91 Å². The van der Waals surface area contributed by atoms with E-state index >= 15 is 0 Å². The van der Waals surface area contributed by atoms with Crippen molar-refractivity contribution in [3.63, 3.8) is 0 Å². The number of ether oxygens (including phenoxy) is 1. The average molecular weight is 438 g/mol. The first kappa shape index (κ1) is 19.5. The van der Waals surface area contributed by atoms with Crippen LogP contribution >= 0.6 is 11.3 Å². The highest BCUT2D eigenvalue weighted by Gasteiger charge is 2.29. The van der Waals surface area contributed by atoms with Gasteiger partial charge < -0.3 is 19.9 Å². The molecule has 2 N–H and O–H groups in total. The summed E-state index contributed by atoms with van der Waals surface area (Å²) < 4.78 is 22.3. The number of halogens is 1. The van der Waals surface area contributed by atoms with Gasteiger partial charge in [-0.15, -0.1) is 11.3 Å². The first-order valence-electron chi connectivity index (χ1n) is 9.80. The third kappa shape index (κ3) is 3.12. The molecule has 0 radical (unpaired) electrons. The van der Waals surface area contributed by atoms with Crippen molar-refractivity contribution >= 4 is 44.2 Å². The number of methoxy groups -OCH3 is 1. The van der Waals surface area contributed by atoms with Gasteiger partial charge in [-0.3, -0.25) is 4.79 Å². The molecule has 0 saturated carbocycles. The molecule has 7 nitrogen and oxygen atoms in total. The van der Waals surface area contributed by atoms with Crippen molar-refractivity contribution in [1.82, 2.24) is 19.4 Å². The minimum atomic E-state index is -0.350. The lowest BCUT2D eigenvalue weighted by Crippen LogP contribution is -2.27. The van der Waals surface area contributed by atoms with E-state index in [0.29, 0.717) is 24.7 Å². The topological polar surface area (TPSA) is 86.3 Å². The summed E-state index contributed by atoms with van der Waals surface area (Å²) in [5.74, 6) is 0.448. The number of nitrogens with two attached hydrogens (primary N) is 1. The van der Waals surface area contributed by atoms with Gasteiger partial charge in [-0.05, 0) is 30.0 Å². The summed E-state index contributed by atoms with van der Waals surface area (Å²) in [4.78, 5) is 23.4. The van der Waals surface area contributed by atoms with Gasteiger partial charge in [0.1, 0.15) is 29.4 Å². The van der Waals surface area contributed by atoms with Crippen molar-refractivity contribution in [1.29, 1.82) is 0 Å². The number of hydrogen-bond acceptors (Lipinski definition) is 6. The molecule has 31 heavy (non-hydrogen) atoms. The van der Waals surface area contributed by atoms with Gasteiger partial charge in [0.25, 0.3) is 0 Å². The third-order valence-corrected chi connectivity index (χ3v) is 6.91. The molecule has 0 aliphatic carbocycles. The van der Waals surface area contributed by atoms with Crippen LogP contribution in [0.25, 0.3) is 31.6 Å². The highest BCUT2D eigenvalue weighted by atomic mass is 32.1. The molecule has 4 heterocycles. The van der Waals surface area contributed by atoms with E-state index in [1.165, 1.54) is 43.0 Å². The highest BCUT2D eigenvalue weighted by molar-refractivity contribution is 7.22. The van der Waals surface area contributed by atoms with Crippen molar-refractivity contribution in [2.45, 2.75) is 12.5 Å². The molecule has 0 spiro atoms. The van der Waals surface area contributed by atoms with Crippen molar-refractivity contribution in [2.75, 3.05) is 25.9 Å². The zero-order valence-corrected chi connectivity index (χ0v) is 17.7. The van der Waals surface area contributed by atoms with E-state index in [9.17, 15) is 9.18 Å². The van der Waals surface area contributed by atoms with E-state index in [-0.39, 0.29) is 17.8 Å². The summed E-state index contributed by atoms with van der Waals surface area (Å²) >= 11 is 1.50. The minimum Gasteiger partial charge on any atom is -0.495 e. The van der Waals surface area contributed by atoms with E-state index in [2.05, 4.69) is 21.1 Å². The van der Waals surface area contributed by atoms with Crippen molar-refractivity contribution in [3.05, 3.63) is 49.2 Å². The minimum absolute atomic E-state index is 0.0656. The predicted molar refractivity (Wildman–Crippen MR) is 120 cm³/mol. The van der Waals surface area contributed by atoms with Crippen LogP contribution < -0.4 is 10.5 Å². The van der Waals surface area contributed by atoms with Crippen molar-refractivity contribution in [2.24, 2.45) is 0 Å². The SMILES string of the molecule is C=CC(=O)N1CCC(n2cc(-c3cc4cc(F)cc(OC)c4s3)c3c(N)ncnc32)C1. The molecule has 1 atom stereocenters. The number of anilines is 1. The maximum atomic E-state index is 14.0. The average Bonchev–Trinajstić information content (AvgIpc) is 3.48. The molecule has 1 aromatic carbocycles. The fourth-order valence-corrected chi connectivity index (χ4v) is 5.39. The molecule has 0 bridgehead atoms. The molecule has 1 aliphatic heterocycles. The first-order valence-corrected chi connectivity index (χ1v) is 10.6. The molecule has 9 heteroatoms. The van der Waals surface area contributed by atoms with E-state index in [1.807, 2.05) is 12.3 Å². The molecule has 1 aliphatic rings. The lowest BCUT2D eigenvalue weighted by atomic mass is 10.1. The van der Waals surface area contributed by atoms with Gasteiger partial charge in [0.15, 0.2) is 0 Å². The molecule has 1 amide bonds. The zero-order valence-electron chi connectivity index (χ0n) is 16.8. The van der Waals surface area contributed by atoms with Crippen LogP contribution in [0.5, 0.6) is 5.75 Å². The van der Waals surface area contributed by atoms with E-state index in [4.69, 9.17) is 10.5 Å². The lowest BCUT2D eigenvalue weighted by molar-refractivity contribution is -0.125. The number of fused-ring (bicyclic) bond motifs is 2. The van der Waals surface area contributed by atoms with Crippen LogP contribution in [-0.2, 0) is 4.79 Å². The lowest BCUT2D eigenvalue weighted by Gasteiger charge is -2.15. The van der Waals surface area contributed by atoms with E-state index < -0.39 is 0 Å². The number of aromatic nitrogens is 3. The van der Waals surface area contributed by atoms with Gasteiger partial charge >= 0.3 is 0 Å². The number of nitrogens with zero attached hydrogens (tertiary/aromatic N) is 4. The molecule has 1 fully saturated rings. The maximum absolute atomic E-state index is 14.0. The Morgan fingerprint density at radius 3 is 3.00 bits per heavy atom. The number of carbonyl (C=O) groups excluding carboxylic acids is 1. The number of nitrogen functional groups attached to an aromatic ring is 1. The zero-order chi connectivity index (χ0) is 21.7. The maximum Gasteiger partial charge on any atom is 0.246 e. The third-order valence-electron chi connectivity index (χ3n) is 5.71. The predicted octanol–water partition coefficient (Wildman–Crippen LogP) is 4.00. The normalized spacial score (nSPS) is 16.3. The molecular weight excluding hydrogens is 417 g/mol. The largest absolute Gasteiger partial charge is 0.495 e. The highest BCUT2D eigenvalue weighted by Crippen LogP contribution is 2.43. The van der Waals surface area contributed by atoms with Gasteiger partial charge in [-0.25, -0.2) is 14.4 Å². The molecule has 4 aromatic rings.